The Morgan fingerprint density at radius 2 is 2.24 bits per heavy atom. The SMILES string of the molecule is CCC(C)NCC(=O)Cc1c(Cl)c(C)nn1C. The maximum Gasteiger partial charge on any atom is 0.152 e. The lowest BCUT2D eigenvalue weighted by Gasteiger charge is -2.10. The highest BCUT2D eigenvalue weighted by atomic mass is 35.5. The lowest BCUT2D eigenvalue weighted by molar-refractivity contribution is -0.117. The molecule has 5 heteroatoms. The molecule has 17 heavy (non-hydrogen) atoms. The summed E-state index contributed by atoms with van der Waals surface area (Å²) in [5, 5.41) is 7.96. The third-order valence-electron chi connectivity index (χ3n) is 2.89. The summed E-state index contributed by atoms with van der Waals surface area (Å²) < 4.78 is 1.68. The minimum atomic E-state index is 0.134. The van der Waals surface area contributed by atoms with E-state index in [1.807, 2.05) is 14.0 Å². The quantitative estimate of drug-likeness (QED) is 0.847. The van der Waals surface area contributed by atoms with Crippen LogP contribution in [0.1, 0.15) is 31.7 Å². The van der Waals surface area contributed by atoms with Crippen LogP contribution in [0.25, 0.3) is 0 Å². The average Bonchev–Trinajstić information content (AvgIpc) is 2.53. The van der Waals surface area contributed by atoms with Gasteiger partial charge in [-0.2, -0.15) is 5.10 Å². The van der Waals surface area contributed by atoms with Gasteiger partial charge in [0.2, 0.25) is 0 Å². The van der Waals surface area contributed by atoms with Crippen molar-refractivity contribution in [1.29, 1.82) is 0 Å². The summed E-state index contributed by atoms with van der Waals surface area (Å²) in [6.07, 6.45) is 1.35. The summed E-state index contributed by atoms with van der Waals surface area (Å²) in [6.45, 7) is 6.38. The molecule has 0 aliphatic heterocycles. The lowest BCUT2D eigenvalue weighted by Crippen LogP contribution is -2.31. The van der Waals surface area contributed by atoms with Gasteiger partial charge in [0.05, 0.1) is 29.4 Å². The second kappa shape index (κ2) is 6.17. The molecule has 1 aromatic rings. The number of carbonyl (C=O) groups excluding carboxylic acids is 1. The van der Waals surface area contributed by atoms with E-state index in [0.717, 1.165) is 17.8 Å². The monoisotopic (exact) mass is 257 g/mol. The Hall–Kier alpha value is -0.870. The van der Waals surface area contributed by atoms with Crippen molar-refractivity contribution in [2.75, 3.05) is 6.54 Å². The Morgan fingerprint density at radius 3 is 2.71 bits per heavy atom. The number of hydrogen-bond donors (Lipinski definition) is 1. The van der Waals surface area contributed by atoms with E-state index in [-0.39, 0.29) is 5.78 Å². The average molecular weight is 258 g/mol. The number of hydrogen-bond acceptors (Lipinski definition) is 3. The molecule has 0 aromatic carbocycles. The molecule has 0 radical (unpaired) electrons. The molecular formula is C12H20ClN3O. The molecule has 0 spiro atoms. The van der Waals surface area contributed by atoms with Gasteiger partial charge >= 0.3 is 0 Å². The Labute approximate surface area is 107 Å². The molecule has 4 nitrogen and oxygen atoms in total. The number of aryl methyl sites for hydroxylation is 2. The third-order valence-corrected chi connectivity index (χ3v) is 3.38. The van der Waals surface area contributed by atoms with Crippen LogP contribution in [0.5, 0.6) is 0 Å². The zero-order valence-corrected chi connectivity index (χ0v) is 11.6. The van der Waals surface area contributed by atoms with Gasteiger partial charge in [0.25, 0.3) is 0 Å². The second-order valence-electron chi connectivity index (χ2n) is 4.38. The predicted octanol–water partition coefficient (Wildman–Crippen LogP) is 1.88. The van der Waals surface area contributed by atoms with Crippen molar-refractivity contribution in [3.63, 3.8) is 0 Å². The van der Waals surface area contributed by atoms with Crippen molar-refractivity contribution in [2.24, 2.45) is 7.05 Å². The largest absolute Gasteiger partial charge is 0.307 e. The molecule has 1 atom stereocenters. The number of aromatic nitrogens is 2. The molecule has 1 N–H and O–H groups in total. The van der Waals surface area contributed by atoms with E-state index < -0.39 is 0 Å². The van der Waals surface area contributed by atoms with Gasteiger partial charge in [-0.1, -0.05) is 18.5 Å². The molecule has 1 heterocycles. The number of halogens is 1. The van der Waals surface area contributed by atoms with Crippen LogP contribution in [0, 0.1) is 6.92 Å². The standard InChI is InChI=1S/C12H20ClN3O/c1-5-8(2)14-7-10(17)6-11-12(13)9(3)15-16(11)4/h8,14H,5-7H2,1-4H3. The van der Waals surface area contributed by atoms with E-state index in [9.17, 15) is 4.79 Å². The summed E-state index contributed by atoms with van der Waals surface area (Å²) in [4.78, 5) is 11.8. The van der Waals surface area contributed by atoms with Crippen molar-refractivity contribution in [3.8, 4) is 0 Å². The van der Waals surface area contributed by atoms with Gasteiger partial charge in [0.15, 0.2) is 5.78 Å². The molecule has 96 valence electrons. The van der Waals surface area contributed by atoms with Crippen molar-refractivity contribution in [3.05, 3.63) is 16.4 Å². The van der Waals surface area contributed by atoms with Gasteiger partial charge in [-0.15, -0.1) is 0 Å². The van der Waals surface area contributed by atoms with E-state index in [1.54, 1.807) is 4.68 Å². The van der Waals surface area contributed by atoms with Crippen molar-refractivity contribution in [1.82, 2.24) is 15.1 Å². The summed E-state index contributed by atoms with van der Waals surface area (Å²) >= 11 is 6.09. The highest BCUT2D eigenvalue weighted by Gasteiger charge is 2.14. The van der Waals surface area contributed by atoms with Gasteiger partial charge in [-0.05, 0) is 20.3 Å². The highest BCUT2D eigenvalue weighted by molar-refractivity contribution is 6.32. The first kappa shape index (κ1) is 14.2. The number of carbonyl (C=O) groups is 1. The van der Waals surface area contributed by atoms with Crippen LogP contribution in [0.15, 0.2) is 0 Å². The van der Waals surface area contributed by atoms with Crippen molar-refractivity contribution >= 4 is 17.4 Å². The fourth-order valence-corrected chi connectivity index (χ4v) is 1.78. The first-order valence-corrected chi connectivity index (χ1v) is 6.26. The minimum Gasteiger partial charge on any atom is -0.307 e. The predicted molar refractivity (Wildman–Crippen MR) is 69.4 cm³/mol. The number of nitrogens with zero attached hydrogens (tertiary/aromatic N) is 2. The van der Waals surface area contributed by atoms with Crippen molar-refractivity contribution < 1.29 is 4.79 Å². The van der Waals surface area contributed by atoms with Gasteiger partial charge in [0.1, 0.15) is 0 Å². The maximum atomic E-state index is 11.8. The molecule has 0 aliphatic carbocycles. The first-order valence-electron chi connectivity index (χ1n) is 5.88. The van der Waals surface area contributed by atoms with E-state index >= 15 is 0 Å². The van der Waals surface area contributed by atoms with Gasteiger partial charge in [-0.3, -0.25) is 9.48 Å². The van der Waals surface area contributed by atoms with Gasteiger partial charge in [0, 0.05) is 13.1 Å². The maximum absolute atomic E-state index is 11.8. The fourth-order valence-electron chi connectivity index (χ4n) is 1.55. The van der Waals surface area contributed by atoms with Gasteiger partial charge in [-0.25, -0.2) is 0 Å². The second-order valence-corrected chi connectivity index (χ2v) is 4.75. The third kappa shape index (κ3) is 3.82. The van der Waals surface area contributed by atoms with E-state index in [0.29, 0.717) is 24.0 Å². The molecule has 0 bridgehead atoms. The van der Waals surface area contributed by atoms with Crippen molar-refractivity contribution in [2.45, 2.75) is 39.7 Å². The molecule has 0 aliphatic rings. The summed E-state index contributed by atoms with van der Waals surface area (Å²) in [7, 11) is 1.81. The van der Waals surface area contributed by atoms with E-state index in [1.165, 1.54) is 0 Å². The minimum absolute atomic E-state index is 0.134. The summed E-state index contributed by atoms with van der Waals surface area (Å²) in [5.74, 6) is 0.134. The fraction of sp³-hybridized carbons (Fsp3) is 0.667. The molecule has 0 saturated heterocycles. The molecule has 1 unspecified atom stereocenters. The van der Waals surface area contributed by atoms with E-state index in [2.05, 4.69) is 24.3 Å². The normalized spacial score (nSPS) is 12.8. The number of nitrogens with one attached hydrogen (secondary N) is 1. The number of ketones is 1. The zero-order chi connectivity index (χ0) is 13.0. The molecule has 1 rings (SSSR count). The van der Waals surface area contributed by atoms with Crippen LogP contribution in [0.3, 0.4) is 0 Å². The molecular weight excluding hydrogens is 238 g/mol. The van der Waals surface area contributed by atoms with Crippen LogP contribution < -0.4 is 5.32 Å². The smallest absolute Gasteiger partial charge is 0.152 e. The Balaban J connectivity index is 2.56. The Kier molecular flexibility index (Phi) is 5.15. The van der Waals surface area contributed by atoms with Gasteiger partial charge < -0.3 is 5.32 Å². The molecule has 0 amide bonds. The Morgan fingerprint density at radius 1 is 1.59 bits per heavy atom. The molecule has 0 fully saturated rings. The highest BCUT2D eigenvalue weighted by Crippen LogP contribution is 2.19. The van der Waals surface area contributed by atoms with E-state index in [4.69, 9.17) is 11.6 Å². The molecule has 1 aromatic heterocycles. The van der Waals surface area contributed by atoms with Crippen LogP contribution >= 0.6 is 11.6 Å². The van der Waals surface area contributed by atoms with Crippen LogP contribution in [-0.4, -0.2) is 28.2 Å². The summed E-state index contributed by atoms with van der Waals surface area (Å²) in [6, 6.07) is 0.364. The summed E-state index contributed by atoms with van der Waals surface area (Å²) in [5.41, 5.74) is 1.56. The number of rotatable bonds is 6. The van der Waals surface area contributed by atoms with Crippen LogP contribution in [-0.2, 0) is 18.3 Å². The Bertz CT molecular complexity index is 401. The topological polar surface area (TPSA) is 46.9 Å². The lowest BCUT2D eigenvalue weighted by atomic mass is 10.2. The zero-order valence-electron chi connectivity index (χ0n) is 10.9. The van der Waals surface area contributed by atoms with Crippen LogP contribution in [0.2, 0.25) is 5.02 Å². The molecule has 0 saturated carbocycles. The number of Topliss-reactive ketones (excluding diaryl/α,β-unsaturated/α-hetero) is 1. The first-order chi connectivity index (χ1) is 7.95. The van der Waals surface area contributed by atoms with Crippen LogP contribution in [0.4, 0.5) is 0 Å².